The van der Waals surface area contributed by atoms with Gasteiger partial charge in [-0.2, -0.15) is 0 Å². The molecule has 1 fully saturated rings. The Bertz CT molecular complexity index is 780. The highest BCUT2D eigenvalue weighted by Crippen LogP contribution is 2.35. The van der Waals surface area contributed by atoms with Gasteiger partial charge in [-0.25, -0.2) is 9.37 Å². The second-order valence-corrected chi connectivity index (χ2v) is 6.07. The third-order valence-corrected chi connectivity index (χ3v) is 4.32. The van der Waals surface area contributed by atoms with E-state index in [1.54, 1.807) is 16.4 Å². The fourth-order valence-electron chi connectivity index (χ4n) is 3.04. The number of halogens is 1. The number of aromatic nitrogens is 2. The molecule has 1 aromatic carbocycles. The molecular weight excluding hydrogens is 285 g/mol. The largest absolute Gasteiger partial charge is 0.508 e. The number of hydrogen-bond acceptors (Lipinski definition) is 3. The monoisotopic (exact) mass is 301 g/mol. The van der Waals surface area contributed by atoms with Crippen LogP contribution >= 0.6 is 0 Å². The van der Waals surface area contributed by atoms with Gasteiger partial charge in [0.1, 0.15) is 11.6 Å². The van der Waals surface area contributed by atoms with Crippen molar-refractivity contribution in [2.45, 2.75) is 26.4 Å². The number of hydrogen-bond donors (Lipinski definition) is 1. The van der Waals surface area contributed by atoms with E-state index in [9.17, 15) is 14.3 Å². The molecule has 5 nitrogen and oxygen atoms in total. The second kappa shape index (κ2) is 4.56. The number of benzene rings is 1. The van der Waals surface area contributed by atoms with Crippen LogP contribution < -0.4 is 0 Å². The molecule has 22 heavy (non-hydrogen) atoms. The van der Waals surface area contributed by atoms with Crippen molar-refractivity contribution in [3.63, 3.8) is 0 Å². The Morgan fingerprint density at radius 1 is 1.41 bits per heavy atom. The van der Waals surface area contributed by atoms with Gasteiger partial charge in [0.05, 0.1) is 18.1 Å². The van der Waals surface area contributed by atoms with Gasteiger partial charge in [-0.05, 0) is 37.8 Å². The fourth-order valence-corrected chi connectivity index (χ4v) is 3.04. The van der Waals surface area contributed by atoms with Gasteiger partial charge in [-0.15, -0.1) is 0 Å². The Morgan fingerprint density at radius 3 is 2.86 bits per heavy atom. The molecule has 0 radical (unpaired) electrons. The van der Waals surface area contributed by atoms with Crippen LogP contribution in [0.25, 0.3) is 11.3 Å². The first-order valence-corrected chi connectivity index (χ1v) is 7.40. The summed E-state index contributed by atoms with van der Waals surface area (Å²) in [5, 5.41) is 9.36. The average Bonchev–Trinajstić information content (AvgIpc) is 3.16. The zero-order valence-electron chi connectivity index (χ0n) is 12.2. The smallest absolute Gasteiger partial charge is 0.291 e. The molecular formula is C16H16FN3O2. The number of aromatic hydroxyl groups is 1. The summed E-state index contributed by atoms with van der Waals surface area (Å²) in [5.74, 6) is 0.259. The van der Waals surface area contributed by atoms with Crippen molar-refractivity contribution < 1.29 is 14.3 Å². The summed E-state index contributed by atoms with van der Waals surface area (Å²) in [6.45, 7) is 2.94. The maximum atomic E-state index is 14.2. The fraction of sp³-hybridized carbons (Fsp3) is 0.375. The zero-order chi connectivity index (χ0) is 15.4. The number of carbonyl (C=O) groups is 1. The van der Waals surface area contributed by atoms with Crippen LogP contribution in [-0.2, 0) is 6.67 Å². The molecule has 2 aliphatic rings. The number of aryl methyl sites for hydroxylation is 1. The Morgan fingerprint density at radius 2 is 2.18 bits per heavy atom. The first-order chi connectivity index (χ1) is 10.5. The summed E-state index contributed by atoms with van der Waals surface area (Å²) in [4.78, 5) is 18.5. The topological polar surface area (TPSA) is 58.4 Å². The normalized spacial score (nSPS) is 17.2. The average molecular weight is 301 g/mol. The Labute approximate surface area is 127 Å². The van der Waals surface area contributed by atoms with E-state index in [1.165, 1.54) is 25.0 Å². The van der Waals surface area contributed by atoms with Gasteiger partial charge in [-0.3, -0.25) is 4.79 Å². The minimum absolute atomic E-state index is 0.0829. The molecule has 1 aromatic heterocycles. The van der Waals surface area contributed by atoms with Gasteiger partial charge in [0, 0.05) is 18.2 Å². The summed E-state index contributed by atoms with van der Waals surface area (Å²) in [6, 6.07) is 4.04. The van der Waals surface area contributed by atoms with Crippen molar-refractivity contribution in [3.05, 3.63) is 35.5 Å². The quantitative estimate of drug-likeness (QED) is 0.947. The van der Waals surface area contributed by atoms with Crippen molar-refractivity contribution in [3.8, 4) is 17.0 Å². The highest BCUT2D eigenvalue weighted by molar-refractivity contribution is 5.94. The van der Waals surface area contributed by atoms with Crippen LogP contribution in [0.15, 0.2) is 18.2 Å². The van der Waals surface area contributed by atoms with Crippen LogP contribution in [-0.4, -0.2) is 32.0 Å². The van der Waals surface area contributed by atoms with Crippen molar-refractivity contribution in [2.75, 3.05) is 6.54 Å². The van der Waals surface area contributed by atoms with Crippen LogP contribution in [0, 0.1) is 18.7 Å². The van der Waals surface area contributed by atoms with Crippen molar-refractivity contribution in [2.24, 2.45) is 5.92 Å². The van der Waals surface area contributed by atoms with E-state index in [0.717, 1.165) is 12.6 Å². The van der Waals surface area contributed by atoms with Gasteiger partial charge in [0.25, 0.3) is 5.91 Å². The van der Waals surface area contributed by atoms with E-state index in [4.69, 9.17) is 0 Å². The number of phenolic OH excluding ortho intramolecular Hbond substituents is 1. The lowest BCUT2D eigenvalue weighted by Gasteiger charge is -2.16. The molecule has 1 saturated carbocycles. The number of fused-ring (bicyclic) bond motifs is 1. The first-order valence-electron chi connectivity index (χ1n) is 7.40. The summed E-state index contributed by atoms with van der Waals surface area (Å²) in [7, 11) is 0. The summed E-state index contributed by atoms with van der Waals surface area (Å²) < 4.78 is 16.0. The van der Waals surface area contributed by atoms with Gasteiger partial charge < -0.3 is 14.6 Å². The van der Waals surface area contributed by atoms with E-state index in [1.807, 2.05) is 0 Å². The molecule has 1 aliphatic carbocycles. The van der Waals surface area contributed by atoms with E-state index in [0.29, 0.717) is 35.4 Å². The van der Waals surface area contributed by atoms with Gasteiger partial charge in [0.2, 0.25) is 5.82 Å². The minimum atomic E-state index is -0.515. The number of amides is 1. The molecule has 0 bridgehead atoms. The standard InChI is InChI=1S/C16H16FN3O2/c1-9-14(12-5-4-11(21)6-13(12)17)20-8-19(7-10-2-3-10)16(22)15(20)18-9/h4-6,10,21H,2-3,7-8H2,1H3. The van der Waals surface area contributed by atoms with Crippen molar-refractivity contribution >= 4 is 5.91 Å². The Kier molecular flexibility index (Phi) is 2.76. The lowest BCUT2D eigenvalue weighted by molar-refractivity contribution is 0.0758. The number of imidazole rings is 1. The minimum Gasteiger partial charge on any atom is -0.508 e. The second-order valence-electron chi connectivity index (χ2n) is 6.07. The lowest BCUT2D eigenvalue weighted by atomic mass is 10.1. The summed E-state index contributed by atoms with van der Waals surface area (Å²) in [6.07, 6.45) is 2.34. The summed E-state index contributed by atoms with van der Waals surface area (Å²) >= 11 is 0. The molecule has 6 heteroatoms. The molecule has 0 saturated heterocycles. The van der Waals surface area contributed by atoms with Gasteiger partial charge in [-0.1, -0.05) is 0 Å². The van der Waals surface area contributed by atoms with Gasteiger partial charge >= 0.3 is 0 Å². The Balaban J connectivity index is 1.76. The predicted octanol–water partition coefficient (Wildman–Crippen LogP) is 2.53. The SMILES string of the molecule is Cc1nc2n(c1-c1ccc(O)cc1F)CN(CC1CC1)C2=O. The third kappa shape index (κ3) is 1.98. The zero-order valence-corrected chi connectivity index (χ0v) is 12.2. The molecule has 0 atom stereocenters. The first kappa shape index (κ1) is 13.3. The molecule has 4 rings (SSSR count). The number of rotatable bonds is 3. The molecule has 2 heterocycles. The lowest BCUT2D eigenvalue weighted by Crippen LogP contribution is -2.27. The molecule has 0 unspecified atom stereocenters. The highest BCUT2D eigenvalue weighted by Gasteiger charge is 2.36. The molecule has 114 valence electrons. The van der Waals surface area contributed by atoms with Crippen LogP contribution in [0.5, 0.6) is 5.75 Å². The molecule has 1 amide bonds. The maximum absolute atomic E-state index is 14.2. The van der Waals surface area contributed by atoms with E-state index in [2.05, 4.69) is 4.98 Å². The van der Waals surface area contributed by atoms with E-state index in [-0.39, 0.29) is 11.7 Å². The highest BCUT2D eigenvalue weighted by atomic mass is 19.1. The van der Waals surface area contributed by atoms with Crippen LogP contribution in [0.2, 0.25) is 0 Å². The van der Waals surface area contributed by atoms with Crippen LogP contribution in [0.3, 0.4) is 0 Å². The maximum Gasteiger partial charge on any atom is 0.291 e. The number of carbonyl (C=O) groups excluding carboxylic acids is 1. The predicted molar refractivity (Wildman–Crippen MR) is 77.8 cm³/mol. The summed E-state index contributed by atoms with van der Waals surface area (Å²) in [5.41, 5.74) is 1.59. The van der Waals surface area contributed by atoms with Crippen molar-refractivity contribution in [1.82, 2.24) is 14.5 Å². The number of nitrogens with zero attached hydrogens (tertiary/aromatic N) is 3. The molecule has 1 aliphatic heterocycles. The van der Waals surface area contributed by atoms with E-state index >= 15 is 0 Å². The van der Waals surface area contributed by atoms with Crippen LogP contribution in [0.4, 0.5) is 4.39 Å². The number of phenols is 1. The molecule has 1 N–H and O–H groups in total. The van der Waals surface area contributed by atoms with Crippen molar-refractivity contribution in [1.29, 1.82) is 0 Å². The Hall–Kier alpha value is -2.37. The van der Waals surface area contributed by atoms with Gasteiger partial charge in [0.15, 0.2) is 0 Å². The third-order valence-electron chi connectivity index (χ3n) is 4.32. The molecule has 0 spiro atoms. The van der Waals surface area contributed by atoms with E-state index < -0.39 is 5.82 Å². The molecule has 2 aromatic rings. The van der Waals surface area contributed by atoms with Crippen LogP contribution in [0.1, 0.15) is 29.2 Å².